The smallest absolute Gasteiger partial charge is 0.545 e. The molecule has 3 fully saturated rings. The van der Waals surface area contributed by atoms with Crippen molar-refractivity contribution in [3.05, 3.63) is 59.5 Å². The van der Waals surface area contributed by atoms with E-state index in [-0.39, 0.29) is 30.2 Å². The van der Waals surface area contributed by atoms with Gasteiger partial charge >= 0.3 is 18.9 Å². The first kappa shape index (κ1) is 21.1. The molecule has 2 aromatic carbocycles. The van der Waals surface area contributed by atoms with Crippen LogP contribution < -0.4 is 29.3 Å². The van der Waals surface area contributed by atoms with Crippen molar-refractivity contribution in [3.8, 4) is 5.69 Å². The van der Waals surface area contributed by atoms with Crippen molar-refractivity contribution in [2.24, 2.45) is 5.92 Å². The van der Waals surface area contributed by atoms with Crippen LogP contribution in [-0.4, -0.2) is 46.3 Å². The maximum atomic E-state index is 13.4. The van der Waals surface area contributed by atoms with Crippen LogP contribution in [0.5, 0.6) is 0 Å². The van der Waals surface area contributed by atoms with E-state index in [4.69, 9.17) is 5.10 Å². The van der Waals surface area contributed by atoms with Crippen LogP contribution in [0.1, 0.15) is 28.9 Å². The normalized spacial score (nSPS) is 22.8. The van der Waals surface area contributed by atoms with Gasteiger partial charge in [0.05, 0.1) is 22.9 Å². The van der Waals surface area contributed by atoms with Crippen LogP contribution in [0.2, 0.25) is 0 Å². The van der Waals surface area contributed by atoms with Gasteiger partial charge in [0.2, 0.25) is 0 Å². The number of carbonyl (C=O) groups is 1. The Bertz CT molecular complexity index is 1060. The molecule has 3 aromatic rings. The van der Waals surface area contributed by atoms with Gasteiger partial charge in [-0.15, -0.1) is 0 Å². The fourth-order valence-corrected chi connectivity index (χ4v) is 4.74. The summed E-state index contributed by atoms with van der Waals surface area (Å²) in [5.41, 5.74) is 2.15. The number of benzene rings is 2. The molecule has 0 unspecified atom stereocenters. The van der Waals surface area contributed by atoms with Crippen LogP contribution in [0.3, 0.4) is 0 Å². The van der Waals surface area contributed by atoms with Crippen molar-refractivity contribution in [1.82, 2.24) is 20.0 Å². The maximum Gasteiger partial charge on any atom is 1.00 e. The Kier molecular flexibility index (Phi) is 5.99. The molecule has 6 rings (SSSR count). The number of carbonyl (C=O) groups excluding carboxylic acids is 1. The predicted molar refractivity (Wildman–Crippen MR) is 105 cm³/mol. The molecule has 0 amide bonds. The topological polar surface area (TPSA) is 73.2 Å². The van der Waals surface area contributed by atoms with Gasteiger partial charge in [-0.05, 0) is 62.2 Å². The Hall–Kier alpha value is -2.17. The number of hydrogen-bond donors (Lipinski definition) is 1. The SMILES string of the molecule is O=C([O-])c1cccc2c1c(CN[C@H]1CN3CCC1CC3)nn2-c1ccc(F)cc1.[Li+]. The molecule has 1 aromatic heterocycles. The number of carboxylic acid groups (broad SMARTS) is 1. The number of piperidine rings is 3. The van der Waals surface area contributed by atoms with Crippen LogP contribution >= 0.6 is 0 Å². The molecular formula is C22H22FLiN4O2. The van der Waals surface area contributed by atoms with Gasteiger partial charge in [0.1, 0.15) is 5.82 Å². The van der Waals surface area contributed by atoms with Crippen molar-refractivity contribution < 1.29 is 33.2 Å². The van der Waals surface area contributed by atoms with E-state index in [0.717, 1.165) is 6.54 Å². The average Bonchev–Trinajstić information content (AvgIpc) is 3.12. The average molecular weight is 400 g/mol. The van der Waals surface area contributed by atoms with E-state index >= 15 is 0 Å². The number of rotatable bonds is 5. The quantitative estimate of drug-likeness (QED) is 0.540. The summed E-state index contributed by atoms with van der Waals surface area (Å²) >= 11 is 0. The third-order valence-electron chi connectivity index (χ3n) is 6.26. The molecule has 0 saturated carbocycles. The van der Waals surface area contributed by atoms with Gasteiger partial charge < -0.3 is 20.1 Å². The summed E-state index contributed by atoms with van der Waals surface area (Å²) in [6.45, 7) is 3.83. The van der Waals surface area contributed by atoms with Gasteiger partial charge in [-0.1, -0.05) is 12.1 Å². The Balaban J connectivity index is 0.00000218. The summed E-state index contributed by atoms with van der Waals surface area (Å²) in [5.74, 6) is -0.894. The van der Waals surface area contributed by atoms with E-state index in [1.807, 2.05) is 6.07 Å². The molecule has 0 aliphatic carbocycles. The number of aromatic carboxylic acids is 1. The molecular weight excluding hydrogens is 378 g/mol. The molecule has 1 N–H and O–H groups in total. The van der Waals surface area contributed by atoms with Crippen molar-refractivity contribution in [3.63, 3.8) is 0 Å². The van der Waals surface area contributed by atoms with Gasteiger partial charge in [-0.2, -0.15) is 5.10 Å². The van der Waals surface area contributed by atoms with Gasteiger partial charge in [-0.25, -0.2) is 9.07 Å². The molecule has 3 aliphatic heterocycles. The first-order chi connectivity index (χ1) is 14.1. The molecule has 1 atom stereocenters. The fourth-order valence-electron chi connectivity index (χ4n) is 4.74. The Labute approximate surface area is 186 Å². The van der Waals surface area contributed by atoms with Crippen LogP contribution in [0.25, 0.3) is 16.6 Å². The minimum absolute atomic E-state index is 0. The second-order valence-corrected chi connectivity index (χ2v) is 7.95. The first-order valence-corrected chi connectivity index (χ1v) is 10.0. The van der Waals surface area contributed by atoms with E-state index < -0.39 is 5.97 Å². The summed E-state index contributed by atoms with van der Waals surface area (Å²) in [6, 6.07) is 11.5. The van der Waals surface area contributed by atoms with Crippen LogP contribution in [0.4, 0.5) is 4.39 Å². The zero-order valence-electron chi connectivity index (χ0n) is 17.0. The fraction of sp³-hybridized carbons (Fsp3) is 0.364. The maximum absolute atomic E-state index is 13.4. The number of carboxylic acids is 1. The number of nitrogens with one attached hydrogen (secondary N) is 1. The second-order valence-electron chi connectivity index (χ2n) is 7.95. The van der Waals surface area contributed by atoms with Gasteiger partial charge in [-0.3, -0.25) is 0 Å². The number of fused-ring (bicyclic) bond motifs is 4. The van der Waals surface area contributed by atoms with Crippen LogP contribution in [0.15, 0.2) is 42.5 Å². The third-order valence-corrected chi connectivity index (χ3v) is 6.26. The van der Waals surface area contributed by atoms with Crippen LogP contribution in [0, 0.1) is 11.7 Å². The first-order valence-electron chi connectivity index (χ1n) is 10.0. The minimum atomic E-state index is -1.22. The Morgan fingerprint density at radius 1 is 1.17 bits per heavy atom. The van der Waals surface area contributed by atoms with E-state index in [1.165, 1.54) is 38.1 Å². The number of aromatic nitrogens is 2. The molecule has 3 aliphatic rings. The molecule has 0 radical (unpaired) electrons. The molecule has 30 heavy (non-hydrogen) atoms. The molecule has 8 heteroatoms. The number of hydrogen-bond acceptors (Lipinski definition) is 5. The standard InChI is InChI=1S/C22H23FN4O2.Li/c23-15-4-6-16(7-5-15)27-20-3-1-2-17(22(28)29)21(20)18(25-27)12-24-19-13-26-10-8-14(19)9-11-26;/h1-7,14,19,24H,8-13H2,(H,28,29);/q;+1/p-1/t19-;/m0./s1. The molecule has 2 bridgehead atoms. The zero-order valence-corrected chi connectivity index (χ0v) is 17.0. The Morgan fingerprint density at radius 3 is 2.53 bits per heavy atom. The van der Waals surface area contributed by atoms with Gasteiger partial charge in [0.25, 0.3) is 0 Å². The van der Waals surface area contributed by atoms with Gasteiger partial charge in [0.15, 0.2) is 0 Å². The predicted octanol–water partition coefficient (Wildman–Crippen LogP) is -1.28. The monoisotopic (exact) mass is 400 g/mol. The molecule has 6 nitrogen and oxygen atoms in total. The van der Waals surface area contributed by atoms with E-state index in [9.17, 15) is 14.3 Å². The van der Waals surface area contributed by atoms with Crippen molar-refractivity contribution in [2.45, 2.75) is 25.4 Å². The molecule has 150 valence electrons. The minimum Gasteiger partial charge on any atom is -0.545 e. The zero-order chi connectivity index (χ0) is 20.0. The second kappa shape index (κ2) is 8.52. The van der Waals surface area contributed by atoms with Crippen molar-refractivity contribution in [1.29, 1.82) is 0 Å². The molecule has 0 spiro atoms. The van der Waals surface area contributed by atoms with E-state index in [0.29, 0.717) is 40.8 Å². The largest absolute Gasteiger partial charge is 1.00 e. The summed E-state index contributed by atoms with van der Waals surface area (Å²) in [7, 11) is 0. The number of nitrogens with zero attached hydrogens (tertiary/aromatic N) is 3. The van der Waals surface area contributed by atoms with Crippen molar-refractivity contribution >= 4 is 16.9 Å². The summed E-state index contributed by atoms with van der Waals surface area (Å²) < 4.78 is 15.0. The van der Waals surface area contributed by atoms with Crippen molar-refractivity contribution in [2.75, 3.05) is 19.6 Å². The summed E-state index contributed by atoms with van der Waals surface area (Å²) in [5, 5.41) is 20.6. The van der Waals surface area contributed by atoms with Gasteiger partial charge in [0, 0.05) is 30.1 Å². The third kappa shape index (κ3) is 3.79. The Morgan fingerprint density at radius 2 is 1.90 bits per heavy atom. The molecule has 4 heterocycles. The number of halogens is 1. The summed E-state index contributed by atoms with van der Waals surface area (Å²) in [4.78, 5) is 14.2. The van der Waals surface area contributed by atoms with E-state index in [2.05, 4.69) is 10.2 Å². The van der Waals surface area contributed by atoms with E-state index in [1.54, 1.807) is 28.9 Å². The molecule has 3 saturated heterocycles. The van der Waals surface area contributed by atoms with Crippen LogP contribution in [-0.2, 0) is 6.54 Å². The summed E-state index contributed by atoms with van der Waals surface area (Å²) in [6.07, 6.45) is 2.40.